The molecule has 0 radical (unpaired) electrons. The highest BCUT2D eigenvalue weighted by Crippen LogP contribution is 2.13. The Labute approximate surface area is 124 Å². The number of carbonyl (C=O) groups excluding carboxylic acids is 1. The number of alkyl halides is 2. The van der Waals surface area contributed by atoms with Crippen molar-refractivity contribution in [3.63, 3.8) is 0 Å². The summed E-state index contributed by atoms with van der Waals surface area (Å²) in [5, 5.41) is 3.72. The summed E-state index contributed by atoms with van der Waals surface area (Å²) in [5.41, 5.74) is 3.12. The first-order valence-corrected chi connectivity index (χ1v) is 6.18. The Morgan fingerprint density at radius 3 is 2.32 bits per heavy atom. The Balaban J connectivity index is 1.91. The third kappa shape index (κ3) is 4.62. The number of hydrazone groups is 1. The minimum Gasteiger partial charge on any atom is -0.435 e. The van der Waals surface area contributed by atoms with E-state index in [1.54, 1.807) is 0 Å². The van der Waals surface area contributed by atoms with Crippen molar-refractivity contribution < 1.29 is 22.7 Å². The van der Waals surface area contributed by atoms with E-state index in [9.17, 15) is 18.0 Å². The van der Waals surface area contributed by atoms with Crippen LogP contribution in [-0.4, -0.2) is 18.7 Å². The first-order valence-electron chi connectivity index (χ1n) is 6.18. The van der Waals surface area contributed by atoms with Gasteiger partial charge >= 0.3 is 6.61 Å². The maximum Gasteiger partial charge on any atom is 0.387 e. The van der Waals surface area contributed by atoms with E-state index in [1.807, 2.05) is 0 Å². The van der Waals surface area contributed by atoms with E-state index in [-0.39, 0.29) is 11.3 Å². The van der Waals surface area contributed by atoms with Crippen LogP contribution in [0.4, 0.5) is 13.2 Å². The topological polar surface area (TPSA) is 50.7 Å². The van der Waals surface area contributed by atoms with Crippen LogP contribution in [0.2, 0.25) is 0 Å². The first kappa shape index (κ1) is 15.6. The number of benzene rings is 2. The number of ether oxygens (including phenoxy) is 1. The number of hydrogen-bond donors (Lipinski definition) is 1. The smallest absolute Gasteiger partial charge is 0.387 e. The van der Waals surface area contributed by atoms with E-state index < -0.39 is 18.3 Å². The Hall–Kier alpha value is -2.83. The van der Waals surface area contributed by atoms with Crippen LogP contribution in [0, 0.1) is 5.82 Å². The number of hydrogen-bond acceptors (Lipinski definition) is 3. The molecule has 22 heavy (non-hydrogen) atoms. The fourth-order valence-corrected chi connectivity index (χ4v) is 1.57. The largest absolute Gasteiger partial charge is 0.435 e. The second-order valence-electron chi connectivity index (χ2n) is 4.15. The predicted octanol–water partition coefficient (Wildman–Crippen LogP) is 3.19. The molecule has 0 atom stereocenters. The van der Waals surface area contributed by atoms with Crippen LogP contribution in [0.1, 0.15) is 15.9 Å². The third-order valence-electron chi connectivity index (χ3n) is 2.59. The average molecular weight is 308 g/mol. The Kier molecular flexibility index (Phi) is 5.13. The van der Waals surface area contributed by atoms with Crippen LogP contribution < -0.4 is 10.2 Å². The molecule has 2 rings (SSSR count). The quantitative estimate of drug-likeness (QED) is 0.681. The molecule has 0 spiro atoms. The number of nitrogens with zero attached hydrogens (tertiary/aromatic N) is 1. The normalized spacial score (nSPS) is 10.9. The lowest BCUT2D eigenvalue weighted by atomic mass is 10.2. The maximum atomic E-state index is 12.7. The molecule has 0 heterocycles. The summed E-state index contributed by atoms with van der Waals surface area (Å²) in [7, 11) is 0. The van der Waals surface area contributed by atoms with E-state index in [0.29, 0.717) is 5.56 Å². The summed E-state index contributed by atoms with van der Waals surface area (Å²) in [6.45, 7) is -2.88. The van der Waals surface area contributed by atoms with Crippen LogP contribution in [0.3, 0.4) is 0 Å². The molecule has 2 aromatic rings. The van der Waals surface area contributed by atoms with Crippen LogP contribution in [0.25, 0.3) is 0 Å². The number of amides is 1. The monoisotopic (exact) mass is 308 g/mol. The van der Waals surface area contributed by atoms with Gasteiger partial charge in [0.05, 0.1) is 6.21 Å². The van der Waals surface area contributed by atoms with Crippen LogP contribution >= 0.6 is 0 Å². The Morgan fingerprint density at radius 1 is 1.09 bits per heavy atom. The fourth-order valence-electron chi connectivity index (χ4n) is 1.57. The molecule has 0 saturated carbocycles. The number of carbonyl (C=O) groups is 1. The molecule has 0 aliphatic rings. The number of nitrogens with one attached hydrogen (secondary N) is 1. The lowest BCUT2D eigenvalue weighted by Crippen LogP contribution is -2.17. The molecule has 1 amide bonds. The molecule has 0 saturated heterocycles. The van der Waals surface area contributed by atoms with Crippen LogP contribution in [-0.2, 0) is 0 Å². The fraction of sp³-hybridized carbons (Fsp3) is 0.0667. The third-order valence-corrected chi connectivity index (χ3v) is 2.59. The van der Waals surface area contributed by atoms with Gasteiger partial charge in [-0.1, -0.05) is 0 Å². The minimum absolute atomic E-state index is 0.0301. The van der Waals surface area contributed by atoms with Gasteiger partial charge in [0.2, 0.25) is 0 Å². The molecule has 2 aromatic carbocycles. The summed E-state index contributed by atoms with van der Waals surface area (Å²) < 4.78 is 40.9. The lowest BCUT2D eigenvalue weighted by molar-refractivity contribution is -0.0498. The van der Waals surface area contributed by atoms with Crippen molar-refractivity contribution >= 4 is 12.1 Å². The summed E-state index contributed by atoms with van der Waals surface area (Å²) in [4.78, 5) is 11.7. The van der Waals surface area contributed by atoms with Gasteiger partial charge in [-0.15, -0.1) is 0 Å². The van der Waals surface area contributed by atoms with Crippen molar-refractivity contribution in [2.45, 2.75) is 6.61 Å². The number of halogens is 3. The molecule has 7 heteroatoms. The highest BCUT2D eigenvalue weighted by molar-refractivity contribution is 5.94. The molecule has 0 aliphatic heterocycles. The van der Waals surface area contributed by atoms with Gasteiger partial charge in [0.25, 0.3) is 5.91 Å². The van der Waals surface area contributed by atoms with Crippen LogP contribution in [0.5, 0.6) is 5.75 Å². The summed E-state index contributed by atoms with van der Waals surface area (Å²) in [5.74, 6) is -0.900. The molecule has 0 aliphatic carbocycles. The Bertz CT molecular complexity index is 655. The molecule has 0 bridgehead atoms. The zero-order valence-electron chi connectivity index (χ0n) is 11.2. The van der Waals surface area contributed by atoms with Crippen molar-refractivity contribution in [3.8, 4) is 5.75 Å². The summed E-state index contributed by atoms with van der Waals surface area (Å²) in [6, 6.07) is 10.7. The number of rotatable bonds is 5. The van der Waals surface area contributed by atoms with Crippen molar-refractivity contribution in [2.24, 2.45) is 5.10 Å². The van der Waals surface area contributed by atoms with Gasteiger partial charge in [-0.3, -0.25) is 4.79 Å². The standard InChI is InChI=1S/C15H11F3N2O2/c16-12-5-3-11(4-6-12)14(21)20-19-9-10-1-7-13(8-2-10)22-15(17)18/h1-9,15H,(H,20,21)/b19-9-. The maximum absolute atomic E-state index is 12.7. The van der Waals surface area contributed by atoms with E-state index >= 15 is 0 Å². The SMILES string of the molecule is O=C(N/N=C\c1ccc(OC(F)F)cc1)c1ccc(F)cc1. The predicted molar refractivity (Wildman–Crippen MR) is 74.5 cm³/mol. The van der Waals surface area contributed by atoms with Gasteiger partial charge in [-0.2, -0.15) is 13.9 Å². The van der Waals surface area contributed by atoms with Crippen molar-refractivity contribution in [3.05, 3.63) is 65.5 Å². The van der Waals surface area contributed by atoms with Gasteiger partial charge in [0.15, 0.2) is 0 Å². The van der Waals surface area contributed by atoms with E-state index in [2.05, 4.69) is 15.3 Å². The van der Waals surface area contributed by atoms with Gasteiger partial charge in [0, 0.05) is 5.56 Å². The molecular formula is C15H11F3N2O2. The Morgan fingerprint density at radius 2 is 1.73 bits per heavy atom. The van der Waals surface area contributed by atoms with Crippen molar-refractivity contribution in [1.29, 1.82) is 0 Å². The second kappa shape index (κ2) is 7.26. The van der Waals surface area contributed by atoms with Crippen molar-refractivity contribution in [1.82, 2.24) is 5.43 Å². The molecular weight excluding hydrogens is 297 g/mol. The van der Waals surface area contributed by atoms with Crippen LogP contribution in [0.15, 0.2) is 53.6 Å². The molecule has 0 unspecified atom stereocenters. The van der Waals surface area contributed by atoms with Gasteiger partial charge < -0.3 is 4.74 Å². The molecule has 1 N–H and O–H groups in total. The lowest BCUT2D eigenvalue weighted by Gasteiger charge is -2.03. The van der Waals surface area contributed by atoms with E-state index in [1.165, 1.54) is 54.7 Å². The zero-order valence-corrected chi connectivity index (χ0v) is 11.2. The van der Waals surface area contributed by atoms with E-state index in [4.69, 9.17) is 0 Å². The average Bonchev–Trinajstić information content (AvgIpc) is 2.49. The zero-order chi connectivity index (χ0) is 15.9. The second-order valence-corrected chi connectivity index (χ2v) is 4.15. The summed E-state index contributed by atoms with van der Waals surface area (Å²) >= 11 is 0. The highest BCUT2D eigenvalue weighted by Gasteiger charge is 2.04. The van der Waals surface area contributed by atoms with Gasteiger partial charge in [-0.25, -0.2) is 9.82 Å². The molecule has 0 aromatic heterocycles. The molecule has 114 valence electrons. The van der Waals surface area contributed by atoms with Crippen molar-refractivity contribution in [2.75, 3.05) is 0 Å². The highest BCUT2D eigenvalue weighted by atomic mass is 19.3. The minimum atomic E-state index is -2.88. The van der Waals surface area contributed by atoms with Gasteiger partial charge in [-0.05, 0) is 54.1 Å². The first-order chi connectivity index (χ1) is 10.5. The molecule has 4 nitrogen and oxygen atoms in total. The summed E-state index contributed by atoms with van der Waals surface area (Å²) in [6.07, 6.45) is 1.34. The molecule has 0 fully saturated rings. The van der Waals surface area contributed by atoms with Gasteiger partial charge in [0.1, 0.15) is 11.6 Å². The van der Waals surface area contributed by atoms with E-state index in [0.717, 1.165) is 0 Å².